The number of likely N-dealkylation sites (tertiary alicyclic amines) is 1. The van der Waals surface area contributed by atoms with E-state index in [1.807, 2.05) is 0 Å². The lowest BCUT2D eigenvalue weighted by Crippen LogP contribution is -2.34. The molecule has 0 bridgehead atoms. The van der Waals surface area contributed by atoms with Gasteiger partial charge >= 0.3 is 0 Å². The van der Waals surface area contributed by atoms with E-state index in [1.54, 1.807) is 4.90 Å². The van der Waals surface area contributed by atoms with E-state index < -0.39 is 11.9 Å². The minimum Gasteiger partial charge on any atom is -0.550 e. The minimum atomic E-state index is -1.12. The molecule has 5 nitrogen and oxygen atoms in total. The van der Waals surface area contributed by atoms with E-state index in [0.717, 1.165) is 25.9 Å². The Morgan fingerprint density at radius 1 is 1.47 bits per heavy atom. The molecule has 1 aliphatic rings. The second-order valence-electron chi connectivity index (χ2n) is 4.38. The number of carbonyl (C=O) groups excluding carboxylic acids is 2. The van der Waals surface area contributed by atoms with Crippen LogP contribution in [-0.2, 0) is 14.3 Å². The Morgan fingerprint density at radius 2 is 2.18 bits per heavy atom. The molecule has 0 aromatic heterocycles. The molecule has 1 heterocycles. The maximum Gasteiger partial charge on any atom is 0.223 e. The summed E-state index contributed by atoms with van der Waals surface area (Å²) in [6.07, 6.45) is 3.00. The molecule has 0 unspecified atom stereocenters. The van der Waals surface area contributed by atoms with Crippen LogP contribution in [0.15, 0.2) is 0 Å². The molecule has 1 saturated heterocycles. The average molecular weight is 242 g/mol. The number of unbranched alkanes of at least 4 members (excludes halogenated alkanes) is 1. The van der Waals surface area contributed by atoms with Gasteiger partial charge in [0.1, 0.15) is 0 Å². The van der Waals surface area contributed by atoms with Crippen molar-refractivity contribution in [3.63, 3.8) is 0 Å². The fourth-order valence-electron chi connectivity index (χ4n) is 1.85. The average Bonchev–Trinajstić information content (AvgIpc) is 2.65. The highest BCUT2D eigenvalue weighted by Crippen LogP contribution is 2.17. The maximum absolute atomic E-state index is 11.4. The third kappa shape index (κ3) is 4.73. The zero-order valence-electron chi connectivity index (χ0n) is 10.3. The summed E-state index contributed by atoms with van der Waals surface area (Å²) in [4.78, 5) is 23.7. The summed E-state index contributed by atoms with van der Waals surface area (Å²) in [7, 11) is 0. The topological polar surface area (TPSA) is 69.7 Å². The largest absolute Gasteiger partial charge is 0.550 e. The molecule has 0 aliphatic carbocycles. The normalized spacial score (nSPS) is 19.9. The number of ether oxygens (including phenoxy) is 1. The number of rotatable bonds is 8. The van der Waals surface area contributed by atoms with Crippen molar-refractivity contribution in [2.45, 2.75) is 32.6 Å². The van der Waals surface area contributed by atoms with E-state index in [4.69, 9.17) is 4.74 Å². The zero-order valence-corrected chi connectivity index (χ0v) is 10.3. The number of carboxylic acids is 1. The van der Waals surface area contributed by atoms with E-state index >= 15 is 0 Å². The molecule has 98 valence electrons. The van der Waals surface area contributed by atoms with Crippen molar-refractivity contribution in [2.75, 3.05) is 26.3 Å². The Bertz CT molecular complexity index is 267. The molecule has 1 aliphatic heterocycles. The van der Waals surface area contributed by atoms with Crippen LogP contribution in [-0.4, -0.2) is 43.1 Å². The fraction of sp³-hybridized carbons (Fsp3) is 0.833. The number of aliphatic carboxylic acids is 1. The summed E-state index contributed by atoms with van der Waals surface area (Å²) < 4.78 is 5.38. The van der Waals surface area contributed by atoms with Gasteiger partial charge in [0.25, 0.3) is 0 Å². The minimum absolute atomic E-state index is 0.0824. The smallest absolute Gasteiger partial charge is 0.223 e. The van der Waals surface area contributed by atoms with Crippen molar-refractivity contribution in [1.82, 2.24) is 4.90 Å². The van der Waals surface area contributed by atoms with Crippen LogP contribution in [0.25, 0.3) is 0 Å². The van der Waals surface area contributed by atoms with Gasteiger partial charge in [-0.05, 0) is 12.8 Å². The fourth-order valence-corrected chi connectivity index (χ4v) is 1.85. The molecule has 1 atom stereocenters. The van der Waals surface area contributed by atoms with Crippen molar-refractivity contribution in [3.05, 3.63) is 0 Å². The first-order valence-electron chi connectivity index (χ1n) is 6.21. The van der Waals surface area contributed by atoms with Gasteiger partial charge < -0.3 is 19.5 Å². The molecule has 0 radical (unpaired) electrons. The predicted molar refractivity (Wildman–Crippen MR) is 60.0 cm³/mol. The molecule has 1 rings (SSSR count). The lowest BCUT2D eigenvalue weighted by molar-refractivity contribution is -0.311. The van der Waals surface area contributed by atoms with Crippen LogP contribution in [0, 0.1) is 5.92 Å². The molecule has 1 fully saturated rings. The molecular formula is C12H20NO4-. The summed E-state index contributed by atoms with van der Waals surface area (Å²) in [6, 6.07) is 0. The van der Waals surface area contributed by atoms with Crippen molar-refractivity contribution < 1.29 is 19.4 Å². The van der Waals surface area contributed by atoms with Crippen molar-refractivity contribution >= 4 is 11.9 Å². The molecular weight excluding hydrogens is 222 g/mol. The van der Waals surface area contributed by atoms with Crippen LogP contribution in [0.2, 0.25) is 0 Å². The Kier molecular flexibility index (Phi) is 5.97. The van der Waals surface area contributed by atoms with Crippen LogP contribution in [0.1, 0.15) is 32.6 Å². The quantitative estimate of drug-likeness (QED) is 0.552. The Morgan fingerprint density at radius 3 is 2.76 bits per heavy atom. The van der Waals surface area contributed by atoms with Crippen LogP contribution >= 0.6 is 0 Å². The number of amides is 1. The van der Waals surface area contributed by atoms with Crippen LogP contribution in [0.4, 0.5) is 0 Å². The number of hydrogen-bond donors (Lipinski definition) is 0. The van der Waals surface area contributed by atoms with Gasteiger partial charge in [-0.1, -0.05) is 13.3 Å². The second-order valence-corrected chi connectivity index (χ2v) is 4.38. The lowest BCUT2D eigenvalue weighted by Gasteiger charge is -2.16. The van der Waals surface area contributed by atoms with Crippen molar-refractivity contribution in [1.29, 1.82) is 0 Å². The Balaban J connectivity index is 2.11. The lowest BCUT2D eigenvalue weighted by atomic mass is 10.1. The Labute approximate surface area is 102 Å². The summed E-state index contributed by atoms with van der Waals surface area (Å²) >= 11 is 0. The SMILES string of the molecule is CCCCOCCCN1C[C@@H](C(=O)[O-])CC1=O. The van der Waals surface area contributed by atoms with Gasteiger partial charge in [-0.25, -0.2) is 0 Å². The number of hydrogen-bond acceptors (Lipinski definition) is 4. The molecule has 0 aromatic rings. The monoisotopic (exact) mass is 242 g/mol. The summed E-state index contributed by atoms with van der Waals surface area (Å²) in [5, 5.41) is 10.6. The zero-order chi connectivity index (χ0) is 12.7. The van der Waals surface area contributed by atoms with Crippen molar-refractivity contribution in [3.8, 4) is 0 Å². The second kappa shape index (κ2) is 7.27. The maximum atomic E-state index is 11.4. The molecule has 0 spiro atoms. The molecule has 0 N–H and O–H groups in total. The summed E-state index contributed by atoms with van der Waals surface area (Å²) in [5.41, 5.74) is 0. The van der Waals surface area contributed by atoms with E-state index in [-0.39, 0.29) is 18.9 Å². The van der Waals surface area contributed by atoms with Gasteiger partial charge in [-0.2, -0.15) is 0 Å². The predicted octanol–water partition coefficient (Wildman–Crippen LogP) is -0.208. The molecule has 5 heteroatoms. The third-order valence-corrected chi connectivity index (χ3v) is 2.91. The van der Waals surface area contributed by atoms with E-state index in [9.17, 15) is 14.7 Å². The first kappa shape index (κ1) is 14.0. The number of carbonyl (C=O) groups is 2. The van der Waals surface area contributed by atoms with Gasteiger partial charge in [-0.15, -0.1) is 0 Å². The highest BCUT2D eigenvalue weighted by atomic mass is 16.5. The highest BCUT2D eigenvalue weighted by Gasteiger charge is 2.29. The highest BCUT2D eigenvalue weighted by molar-refractivity contribution is 5.85. The van der Waals surface area contributed by atoms with Gasteiger partial charge in [0.15, 0.2) is 0 Å². The van der Waals surface area contributed by atoms with Gasteiger partial charge in [-0.3, -0.25) is 4.79 Å². The Hall–Kier alpha value is -1.10. The van der Waals surface area contributed by atoms with Crippen molar-refractivity contribution in [2.24, 2.45) is 5.92 Å². The van der Waals surface area contributed by atoms with Crippen LogP contribution in [0.5, 0.6) is 0 Å². The number of carboxylic acid groups (broad SMARTS) is 1. The van der Waals surface area contributed by atoms with E-state index in [1.165, 1.54) is 0 Å². The molecule has 1 amide bonds. The standard InChI is InChI=1S/C12H21NO4/c1-2-3-6-17-7-4-5-13-9-10(12(15)16)8-11(13)14/h10H,2-9H2,1H3,(H,15,16)/p-1/t10-/m0/s1. The molecule has 0 saturated carbocycles. The first-order chi connectivity index (χ1) is 8.15. The van der Waals surface area contributed by atoms with Gasteiger partial charge in [0.05, 0.1) is 0 Å². The molecule has 0 aromatic carbocycles. The van der Waals surface area contributed by atoms with E-state index in [2.05, 4.69) is 6.92 Å². The van der Waals surface area contributed by atoms with Crippen LogP contribution < -0.4 is 5.11 Å². The van der Waals surface area contributed by atoms with E-state index in [0.29, 0.717) is 13.2 Å². The van der Waals surface area contributed by atoms with Gasteiger partial charge in [0, 0.05) is 44.6 Å². The van der Waals surface area contributed by atoms with Crippen LogP contribution in [0.3, 0.4) is 0 Å². The number of nitrogens with zero attached hydrogens (tertiary/aromatic N) is 1. The van der Waals surface area contributed by atoms with Gasteiger partial charge in [0.2, 0.25) is 5.91 Å². The summed E-state index contributed by atoms with van der Waals surface area (Å²) in [6.45, 7) is 4.35. The summed E-state index contributed by atoms with van der Waals surface area (Å²) in [5.74, 6) is -1.85. The first-order valence-corrected chi connectivity index (χ1v) is 6.21. The molecule has 17 heavy (non-hydrogen) atoms. The third-order valence-electron chi connectivity index (χ3n) is 2.91.